The van der Waals surface area contributed by atoms with Crippen molar-refractivity contribution >= 4 is 5.91 Å². The number of alkyl halides is 3. The fourth-order valence-electron chi connectivity index (χ4n) is 3.12. The van der Waals surface area contributed by atoms with Crippen molar-refractivity contribution < 1.29 is 18.0 Å². The fourth-order valence-corrected chi connectivity index (χ4v) is 3.12. The van der Waals surface area contributed by atoms with E-state index in [1.807, 2.05) is 0 Å². The third kappa shape index (κ3) is 4.62. The minimum atomic E-state index is -4.38. The summed E-state index contributed by atoms with van der Waals surface area (Å²) in [5.74, 6) is -0.165. The van der Waals surface area contributed by atoms with Gasteiger partial charge in [0.25, 0.3) is 5.91 Å². The Balaban J connectivity index is 1.68. The van der Waals surface area contributed by atoms with Gasteiger partial charge in [-0.1, -0.05) is 36.6 Å². The zero-order valence-electron chi connectivity index (χ0n) is 14.4. The van der Waals surface area contributed by atoms with Crippen molar-refractivity contribution in [1.29, 1.82) is 0 Å². The van der Waals surface area contributed by atoms with E-state index in [2.05, 4.69) is 10.3 Å². The highest BCUT2D eigenvalue weighted by Crippen LogP contribution is 2.29. The van der Waals surface area contributed by atoms with Crippen molar-refractivity contribution in [1.82, 2.24) is 19.9 Å². The van der Waals surface area contributed by atoms with Gasteiger partial charge in [-0.05, 0) is 30.5 Å². The molecule has 0 atom stereocenters. The number of amides is 1. The summed E-state index contributed by atoms with van der Waals surface area (Å²) in [5, 5.41) is 7.81. The first kappa shape index (κ1) is 18.4. The van der Waals surface area contributed by atoms with Crippen molar-refractivity contribution in [2.24, 2.45) is 0 Å². The van der Waals surface area contributed by atoms with Gasteiger partial charge in [0.1, 0.15) is 0 Å². The van der Waals surface area contributed by atoms with Crippen LogP contribution in [0, 0.1) is 0 Å². The molecule has 1 aliphatic heterocycles. The number of benzene rings is 1. The first-order chi connectivity index (χ1) is 12.4. The zero-order valence-corrected chi connectivity index (χ0v) is 14.4. The molecule has 1 aromatic heterocycles. The van der Waals surface area contributed by atoms with E-state index in [0.29, 0.717) is 18.7 Å². The van der Waals surface area contributed by atoms with Gasteiger partial charge in [0.05, 0.1) is 18.3 Å². The Morgan fingerprint density at radius 1 is 1.08 bits per heavy atom. The predicted octanol–water partition coefficient (Wildman–Crippen LogP) is 3.75. The molecule has 0 unspecified atom stereocenters. The molecular formula is C18H21F3N4O. The molecule has 0 N–H and O–H groups in total. The third-order valence-electron chi connectivity index (χ3n) is 4.50. The molecule has 1 aliphatic rings. The second-order valence-electron chi connectivity index (χ2n) is 6.56. The van der Waals surface area contributed by atoms with Gasteiger partial charge in [0, 0.05) is 13.1 Å². The number of nitrogens with zero attached hydrogens (tertiary/aromatic N) is 4. The maximum absolute atomic E-state index is 12.8. The summed E-state index contributed by atoms with van der Waals surface area (Å²) in [5.41, 5.74) is -0.0143. The summed E-state index contributed by atoms with van der Waals surface area (Å²) in [6, 6.07) is 5.07. The Morgan fingerprint density at radius 2 is 1.77 bits per heavy atom. The number of carbonyl (C=O) groups excluding carboxylic acids is 1. The lowest BCUT2D eigenvalue weighted by atomic mass is 10.1. The molecule has 1 saturated heterocycles. The highest BCUT2D eigenvalue weighted by molar-refractivity contribution is 5.91. The van der Waals surface area contributed by atoms with Crippen molar-refractivity contribution in [3.8, 4) is 0 Å². The van der Waals surface area contributed by atoms with Gasteiger partial charge >= 0.3 is 6.18 Å². The molecule has 0 saturated carbocycles. The van der Waals surface area contributed by atoms with E-state index >= 15 is 0 Å². The molecule has 8 heteroatoms. The van der Waals surface area contributed by atoms with Crippen molar-refractivity contribution in [2.75, 3.05) is 13.1 Å². The van der Waals surface area contributed by atoms with E-state index in [0.717, 1.165) is 37.8 Å². The Labute approximate surface area is 149 Å². The van der Waals surface area contributed by atoms with Crippen LogP contribution in [-0.2, 0) is 12.7 Å². The minimum absolute atomic E-state index is 0.129. The second-order valence-corrected chi connectivity index (χ2v) is 6.56. The maximum Gasteiger partial charge on any atom is 0.416 e. The molecule has 0 spiro atoms. The van der Waals surface area contributed by atoms with Gasteiger partial charge in [-0.25, -0.2) is 4.68 Å². The molecule has 5 nitrogen and oxygen atoms in total. The molecule has 0 radical (unpaired) electrons. The van der Waals surface area contributed by atoms with Crippen LogP contribution < -0.4 is 0 Å². The topological polar surface area (TPSA) is 51.0 Å². The monoisotopic (exact) mass is 366 g/mol. The normalized spacial score (nSPS) is 16.2. The zero-order chi connectivity index (χ0) is 18.6. The molecule has 1 fully saturated rings. The van der Waals surface area contributed by atoms with E-state index < -0.39 is 11.7 Å². The van der Waals surface area contributed by atoms with Crippen LogP contribution in [0.5, 0.6) is 0 Å². The average molecular weight is 366 g/mol. The lowest BCUT2D eigenvalue weighted by Gasteiger charge is -2.23. The van der Waals surface area contributed by atoms with Crippen molar-refractivity contribution in [3.63, 3.8) is 0 Å². The number of carbonyl (C=O) groups is 1. The van der Waals surface area contributed by atoms with Crippen molar-refractivity contribution in [2.45, 2.75) is 44.8 Å². The summed E-state index contributed by atoms with van der Waals surface area (Å²) in [6.07, 6.45) is 2.51. The molecule has 0 aliphatic carbocycles. The summed E-state index contributed by atoms with van der Waals surface area (Å²) >= 11 is 0. The van der Waals surface area contributed by atoms with E-state index in [-0.39, 0.29) is 18.1 Å². The van der Waals surface area contributed by atoms with Crippen LogP contribution in [0.2, 0.25) is 0 Å². The van der Waals surface area contributed by atoms with Crippen LogP contribution in [-0.4, -0.2) is 38.9 Å². The smallest absolute Gasteiger partial charge is 0.337 e. The maximum atomic E-state index is 12.8. The second kappa shape index (κ2) is 7.88. The van der Waals surface area contributed by atoms with Gasteiger partial charge < -0.3 is 4.90 Å². The molecule has 1 aromatic carbocycles. The largest absolute Gasteiger partial charge is 0.416 e. The summed E-state index contributed by atoms with van der Waals surface area (Å²) in [6.45, 7) is 1.54. The first-order valence-electron chi connectivity index (χ1n) is 8.79. The Bertz CT molecular complexity index is 749. The Kier molecular flexibility index (Phi) is 5.58. The minimum Gasteiger partial charge on any atom is -0.337 e. The Morgan fingerprint density at radius 3 is 2.46 bits per heavy atom. The number of likely N-dealkylation sites (tertiary alicyclic amines) is 1. The lowest BCUT2D eigenvalue weighted by Crippen LogP contribution is -2.34. The third-order valence-corrected chi connectivity index (χ3v) is 4.50. The van der Waals surface area contributed by atoms with E-state index in [9.17, 15) is 18.0 Å². The molecule has 3 rings (SSSR count). The number of rotatable bonds is 3. The highest BCUT2D eigenvalue weighted by atomic mass is 19.4. The molecule has 0 bridgehead atoms. The molecular weight excluding hydrogens is 345 g/mol. The van der Waals surface area contributed by atoms with Crippen LogP contribution in [0.1, 0.15) is 53.7 Å². The molecule has 26 heavy (non-hydrogen) atoms. The summed E-state index contributed by atoms with van der Waals surface area (Å²) < 4.78 is 39.8. The van der Waals surface area contributed by atoms with Gasteiger partial charge in [-0.2, -0.15) is 13.2 Å². The standard InChI is InChI=1S/C18H21F3N4O/c19-18(20,21)15-8-6-7-14(11-15)12-25-13-16(22-23-25)17(26)24-9-4-2-1-3-5-10-24/h6-8,11,13H,1-5,9-10,12H2. The van der Waals surface area contributed by atoms with Gasteiger partial charge in [0.2, 0.25) is 0 Å². The predicted molar refractivity (Wildman–Crippen MR) is 89.6 cm³/mol. The average Bonchev–Trinajstić information content (AvgIpc) is 3.02. The fraction of sp³-hybridized carbons (Fsp3) is 0.500. The van der Waals surface area contributed by atoms with Crippen molar-refractivity contribution in [3.05, 3.63) is 47.3 Å². The number of aromatic nitrogens is 3. The van der Waals surface area contributed by atoms with Gasteiger partial charge in [-0.15, -0.1) is 5.10 Å². The van der Waals surface area contributed by atoms with E-state index in [1.54, 1.807) is 11.0 Å². The van der Waals surface area contributed by atoms with Gasteiger partial charge in [-0.3, -0.25) is 4.79 Å². The van der Waals surface area contributed by atoms with Crippen LogP contribution in [0.3, 0.4) is 0 Å². The van der Waals surface area contributed by atoms with Gasteiger partial charge in [0.15, 0.2) is 5.69 Å². The summed E-state index contributed by atoms with van der Waals surface area (Å²) in [7, 11) is 0. The molecule has 140 valence electrons. The van der Waals surface area contributed by atoms with E-state index in [4.69, 9.17) is 0 Å². The van der Waals surface area contributed by atoms with Crippen LogP contribution >= 0.6 is 0 Å². The molecule has 2 aromatic rings. The quantitative estimate of drug-likeness (QED) is 0.831. The molecule has 1 amide bonds. The number of hydrogen-bond donors (Lipinski definition) is 0. The van der Waals surface area contributed by atoms with E-state index in [1.165, 1.54) is 23.4 Å². The SMILES string of the molecule is O=C(c1cn(Cc2cccc(C(F)(F)F)c2)nn1)N1CCCCCCC1. The lowest BCUT2D eigenvalue weighted by molar-refractivity contribution is -0.137. The van der Waals surface area contributed by atoms with Crippen LogP contribution in [0.15, 0.2) is 30.5 Å². The first-order valence-corrected chi connectivity index (χ1v) is 8.79. The Hall–Kier alpha value is -2.38. The molecule has 2 heterocycles. The number of halogens is 3. The van der Waals surface area contributed by atoms with Crippen LogP contribution in [0.4, 0.5) is 13.2 Å². The highest BCUT2D eigenvalue weighted by Gasteiger charge is 2.30. The summed E-state index contributed by atoms with van der Waals surface area (Å²) in [4.78, 5) is 14.4. The number of hydrogen-bond acceptors (Lipinski definition) is 3. The van der Waals surface area contributed by atoms with Crippen LogP contribution in [0.25, 0.3) is 0 Å².